The summed E-state index contributed by atoms with van der Waals surface area (Å²) in [6.07, 6.45) is -0.168. The second-order valence-corrected chi connectivity index (χ2v) is 8.38. The van der Waals surface area contributed by atoms with Gasteiger partial charge in [-0.15, -0.1) is 0 Å². The first-order chi connectivity index (χ1) is 11.7. The quantitative estimate of drug-likeness (QED) is 0.520. The normalized spacial score (nSPS) is 22.6. The summed E-state index contributed by atoms with van der Waals surface area (Å²) in [4.78, 5) is 14.2. The standard InChI is InChI=1S/C17H22Cl3NO4/c1-5-10(2)14-15(22)25-16(17(18,19)20)21(14)9-11-6-7-12(23-3)8-13(11)24-4/h6-8,10,14,16H,5,9H2,1-4H3/t10-,14-,16+/m0/s1. The lowest BCUT2D eigenvalue weighted by molar-refractivity contribution is -0.143. The number of alkyl halides is 3. The van der Waals surface area contributed by atoms with Crippen molar-refractivity contribution in [3.05, 3.63) is 23.8 Å². The number of ether oxygens (including phenoxy) is 3. The summed E-state index contributed by atoms with van der Waals surface area (Å²) in [7, 11) is 3.15. The molecule has 2 rings (SSSR count). The van der Waals surface area contributed by atoms with Crippen molar-refractivity contribution in [2.75, 3.05) is 14.2 Å². The van der Waals surface area contributed by atoms with Gasteiger partial charge in [0.05, 0.1) is 14.2 Å². The highest BCUT2D eigenvalue weighted by Gasteiger charge is 2.52. The van der Waals surface area contributed by atoms with E-state index in [2.05, 4.69) is 0 Å². The molecule has 1 aliphatic heterocycles. The van der Waals surface area contributed by atoms with E-state index >= 15 is 0 Å². The lowest BCUT2D eigenvalue weighted by atomic mass is 9.97. The third kappa shape index (κ3) is 4.45. The van der Waals surface area contributed by atoms with Crippen molar-refractivity contribution >= 4 is 40.8 Å². The van der Waals surface area contributed by atoms with Crippen LogP contribution in [0.15, 0.2) is 18.2 Å². The van der Waals surface area contributed by atoms with Crippen LogP contribution in [0.5, 0.6) is 11.5 Å². The Labute approximate surface area is 163 Å². The van der Waals surface area contributed by atoms with E-state index in [1.165, 1.54) is 0 Å². The van der Waals surface area contributed by atoms with E-state index in [9.17, 15) is 4.79 Å². The average molecular weight is 411 g/mol. The fourth-order valence-electron chi connectivity index (χ4n) is 2.93. The Morgan fingerprint density at radius 1 is 1.28 bits per heavy atom. The van der Waals surface area contributed by atoms with Gasteiger partial charge >= 0.3 is 5.97 Å². The SMILES string of the molecule is CC[C@H](C)[C@H]1C(=O)O[C@H](C(Cl)(Cl)Cl)N1Cc1ccc(OC)cc1OC. The summed E-state index contributed by atoms with van der Waals surface area (Å²) in [6, 6.07) is 4.97. The third-order valence-corrected chi connectivity index (χ3v) is 5.00. The lowest BCUT2D eigenvalue weighted by Crippen LogP contribution is -2.46. The molecule has 0 saturated carbocycles. The molecule has 0 spiro atoms. The van der Waals surface area contributed by atoms with Crippen molar-refractivity contribution in [1.82, 2.24) is 4.90 Å². The van der Waals surface area contributed by atoms with Crippen LogP contribution in [-0.4, -0.2) is 41.2 Å². The molecule has 5 nitrogen and oxygen atoms in total. The Morgan fingerprint density at radius 3 is 2.48 bits per heavy atom. The van der Waals surface area contributed by atoms with Gasteiger partial charge in [0.1, 0.15) is 17.5 Å². The van der Waals surface area contributed by atoms with Gasteiger partial charge in [0.2, 0.25) is 10.0 Å². The van der Waals surface area contributed by atoms with E-state index in [0.29, 0.717) is 18.0 Å². The average Bonchev–Trinajstić information content (AvgIpc) is 2.91. The molecule has 0 amide bonds. The van der Waals surface area contributed by atoms with E-state index in [1.807, 2.05) is 26.0 Å². The Bertz CT molecular complexity index is 620. The maximum Gasteiger partial charge on any atom is 0.325 e. The first-order valence-electron chi connectivity index (χ1n) is 7.96. The number of cyclic esters (lactones) is 1. The van der Waals surface area contributed by atoms with Crippen LogP contribution < -0.4 is 9.47 Å². The van der Waals surface area contributed by atoms with E-state index in [0.717, 1.165) is 12.0 Å². The largest absolute Gasteiger partial charge is 0.497 e. The van der Waals surface area contributed by atoms with Crippen LogP contribution in [0.1, 0.15) is 25.8 Å². The minimum absolute atomic E-state index is 0.0501. The zero-order chi connectivity index (χ0) is 18.8. The number of rotatable bonds is 6. The number of esters is 1. The number of hydrogen-bond acceptors (Lipinski definition) is 5. The topological polar surface area (TPSA) is 48.0 Å². The van der Waals surface area contributed by atoms with Crippen LogP contribution in [0, 0.1) is 5.92 Å². The molecule has 1 aliphatic rings. The summed E-state index contributed by atoms with van der Waals surface area (Å²) in [6.45, 7) is 4.32. The second-order valence-electron chi connectivity index (χ2n) is 6.01. The van der Waals surface area contributed by atoms with E-state index < -0.39 is 16.1 Å². The second kappa shape index (κ2) is 8.21. The van der Waals surface area contributed by atoms with Crippen molar-refractivity contribution < 1.29 is 19.0 Å². The van der Waals surface area contributed by atoms with Crippen LogP contribution in [0.3, 0.4) is 0 Å². The molecule has 1 heterocycles. The molecule has 1 saturated heterocycles. The number of nitrogens with zero attached hydrogens (tertiary/aromatic N) is 1. The van der Waals surface area contributed by atoms with Crippen LogP contribution in [-0.2, 0) is 16.1 Å². The number of methoxy groups -OCH3 is 2. The molecule has 1 aromatic rings. The molecule has 1 aromatic carbocycles. The van der Waals surface area contributed by atoms with Gasteiger partial charge in [-0.3, -0.25) is 4.79 Å². The smallest absolute Gasteiger partial charge is 0.325 e. The number of carbonyl (C=O) groups is 1. The minimum atomic E-state index is -1.75. The first kappa shape index (κ1) is 20.4. The van der Waals surface area contributed by atoms with E-state index in [4.69, 9.17) is 49.0 Å². The first-order valence-corrected chi connectivity index (χ1v) is 9.10. The zero-order valence-corrected chi connectivity index (χ0v) is 16.9. The molecule has 25 heavy (non-hydrogen) atoms. The predicted molar refractivity (Wildman–Crippen MR) is 98.5 cm³/mol. The minimum Gasteiger partial charge on any atom is -0.497 e. The van der Waals surface area contributed by atoms with Crippen molar-refractivity contribution in [2.24, 2.45) is 5.92 Å². The third-order valence-electron chi connectivity index (χ3n) is 4.44. The van der Waals surface area contributed by atoms with Gasteiger partial charge in [-0.25, -0.2) is 4.90 Å². The van der Waals surface area contributed by atoms with Gasteiger partial charge in [-0.1, -0.05) is 61.1 Å². The summed E-state index contributed by atoms with van der Waals surface area (Å²) in [5, 5.41) is 0. The monoisotopic (exact) mass is 409 g/mol. The lowest BCUT2D eigenvalue weighted by Gasteiger charge is -2.32. The number of halogens is 3. The summed E-state index contributed by atoms with van der Waals surface area (Å²) in [5.74, 6) is 0.975. The Kier molecular flexibility index (Phi) is 6.71. The zero-order valence-electron chi connectivity index (χ0n) is 14.6. The summed E-state index contributed by atoms with van der Waals surface area (Å²) < 4.78 is 14.3. The number of carbonyl (C=O) groups excluding carboxylic acids is 1. The molecule has 140 valence electrons. The maximum atomic E-state index is 12.4. The highest BCUT2D eigenvalue weighted by Crippen LogP contribution is 2.42. The number of hydrogen-bond donors (Lipinski definition) is 0. The van der Waals surface area contributed by atoms with Crippen LogP contribution in [0.4, 0.5) is 0 Å². The molecule has 1 fully saturated rings. The molecule has 0 bridgehead atoms. The van der Waals surface area contributed by atoms with Crippen LogP contribution in [0.25, 0.3) is 0 Å². The van der Waals surface area contributed by atoms with Gasteiger partial charge in [0, 0.05) is 18.2 Å². The van der Waals surface area contributed by atoms with Crippen molar-refractivity contribution in [1.29, 1.82) is 0 Å². The fourth-order valence-corrected chi connectivity index (χ4v) is 3.44. The number of benzene rings is 1. The molecule has 0 aliphatic carbocycles. The van der Waals surface area contributed by atoms with Gasteiger partial charge < -0.3 is 14.2 Å². The molecule has 8 heteroatoms. The fraction of sp³-hybridized carbons (Fsp3) is 0.588. The highest BCUT2D eigenvalue weighted by molar-refractivity contribution is 6.68. The maximum absolute atomic E-state index is 12.4. The van der Waals surface area contributed by atoms with Crippen LogP contribution in [0.2, 0.25) is 0 Å². The predicted octanol–water partition coefficient (Wildman–Crippen LogP) is 4.17. The Morgan fingerprint density at radius 2 is 1.96 bits per heavy atom. The molecule has 0 N–H and O–H groups in total. The molecule has 0 aromatic heterocycles. The van der Waals surface area contributed by atoms with Crippen molar-refractivity contribution in [2.45, 2.75) is 42.9 Å². The Hall–Kier alpha value is -0.880. The van der Waals surface area contributed by atoms with E-state index in [1.54, 1.807) is 25.2 Å². The molecule has 3 atom stereocenters. The molecular formula is C17H22Cl3NO4. The molecular weight excluding hydrogens is 389 g/mol. The Balaban J connectivity index is 2.39. The van der Waals surface area contributed by atoms with Gasteiger partial charge in [0.25, 0.3) is 0 Å². The van der Waals surface area contributed by atoms with Gasteiger partial charge in [-0.2, -0.15) is 0 Å². The summed E-state index contributed by atoms with van der Waals surface area (Å²) >= 11 is 18.2. The van der Waals surface area contributed by atoms with Crippen molar-refractivity contribution in [3.63, 3.8) is 0 Å². The van der Waals surface area contributed by atoms with Gasteiger partial charge in [-0.05, 0) is 12.0 Å². The molecule has 0 radical (unpaired) electrons. The van der Waals surface area contributed by atoms with E-state index in [-0.39, 0.29) is 11.9 Å². The van der Waals surface area contributed by atoms with Gasteiger partial charge in [0.15, 0.2) is 0 Å². The highest BCUT2D eigenvalue weighted by atomic mass is 35.6. The van der Waals surface area contributed by atoms with Crippen LogP contribution >= 0.6 is 34.8 Å². The molecule has 0 unspecified atom stereocenters. The summed E-state index contributed by atoms with van der Waals surface area (Å²) in [5.41, 5.74) is 0.842. The van der Waals surface area contributed by atoms with Crippen molar-refractivity contribution in [3.8, 4) is 11.5 Å².